The van der Waals surface area contributed by atoms with Crippen molar-refractivity contribution in [3.63, 3.8) is 0 Å². The summed E-state index contributed by atoms with van der Waals surface area (Å²) in [6, 6.07) is 3.58. The van der Waals surface area contributed by atoms with Crippen LogP contribution in [0.5, 0.6) is 0 Å². The Morgan fingerprint density at radius 3 is 2.50 bits per heavy atom. The fraction of sp³-hybridized carbons (Fsp3) is 0.385. The maximum atomic E-state index is 11.9. The number of hydrogen-bond donors (Lipinski definition) is 1. The number of esters is 2. The number of hydrogen-bond acceptors (Lipinski definition) is 6. The zero-order valence-corrected chi connectivity index (χ0v) is 13.8. The molecule has 0 unspecified atom stereocenters. The van der Waals surface area contributed by atoms with Crippen molar-refractivity contribution in [2.45, 2.75) is 24.8 Å². The number of ether oxygens (including phenoxy) is 2. The SMILES string of the molecule is CNS(=O)(=O)c1ccc(Cl)c(C(=O)OCC(=O)OC(C)C)c1. The van der Waals surface area contributed by atoms with E-state index in [4.69, 9.17) is 21.1 Å². The number of benzene rings is 1. The summed E-state index contributed by atoms with van der Waals surface area (Å²) in [6.45, 7) is 2.72. The van der Waals surface area contributed by atoms with Gasteiger partial charge in [0, 0.05) is 0 Å². The van der Waals surface area contributed by atoms with Gasteiger partial charge in [-0.1, -0.05) is 11.6 Å². The molecule has 0 aliphatic heterocycles. The van der Waals surface area contributed by atoms with E-state index in [0.717, 1.165) is 6.07 Å². The fourth-order valence-corrected chi connectivity index (χ4v) is 2.40. The van der Waals surface area contributed by atoms with Crippen LogP contribution in [0.4, 0.5) is 0 Å². The van der Waals surface area contributed by atoms with E-state index in [1.165, 1.54) is 19.2 Å². The maximum Gasteiger partial charge on any atom is 0.344 e. The smallest absolute Gasteiger partial charge is 0.344 e. The average Bonchev–Trinajstić information content (AvgIpc) is 2.44. The van der Waals surface area contributed by atoms with E-state index in [1.54, 1.807) is 13.8 Å². The van der Waals surface area contributed by atoms with Crippen molar-refractivity contribution < 1.29 is 27.5 Å². The van der Waals surface area contributed by atoms with Crippen LogP contribution in [0.25, 0.3) is 0 Å². The normalized spacial score (nSPS) is 11.3. The lowest BCUT2D eigenvalue weighted by Crippen LogP contribution is -2.21. The van der Waals surface area contributed by atoms with Crippen LogP contribution in [0.1, 0.15) is 24.2 Å². The Bertz CT molecular complexity index is 671. The standard InChI is InChI=1S/C13H16ClNO6S/c1-8(2)21-12(16)7-20-13(17)10-6-9(4-5-11(10)14)22(18,19)15-3/h4-6,8,15H,7H2,1-3H3. The molecule has 0 aliphatic carbocycles. The van der Waals surface area contributed by atoms with E-state index in [1.807, 2.05) is 0 Å². The minimum absolute atomic E-state index is 0.0114. The van der Waals surface area contributed by atoms with Gasteiger partial charge in [-0.05, 0) is 39.1 Å². The molecule has 1 aromatic rings. The molecular formula is C13H16ClNO6S. The molecule has 0 saturated heterocycles. The molecule has 0 atom stereocenters. The van der Waals surface area contributed by atoms with Gasteiger partial charge >= 0.3 is 11.9 Å². The first-order valence-electron chi connectivity index (χ1n) is 6.27. The topological polar surface area (TPSA) is 98.8 Å². The van der Waals surface area contributed by atoms with Crippen molar-refractivity contribution in [3.05, 3.63) is 28.8 Å². The molecule has 122 valence electrons. The summed E-state index contributed by atoms with van der Waals surface area (Å²) in [7, 11) is -2.49. The van der Waals surface area contributed by atoms with Gasteiger partial charge in [0.15, 0.2) is 6.61 Å². The zero-order valence-electron chi connectivity index (χ0n) is 12.3. The number of nitrogens with one attached hydrogen (secondary N) is 1. The summed E-state index contributed by atoms with van der Waals surface area (Å²) in [6.07, 6.45) is -0.334. The Balaban J connectivity index is 2.90. The van der Waals surface area contributed by atoms with Crippen molar-refractivity contribution in [3.8, 4) is 0 Å². The highest BCUT2D eigenvalue weighted by Crippen LogP contribution is 2.21. The van der Waals surface area contributed by atoms with E-state index in [2.05, 4.69) is 4.72 Å². The summed E-state index contributed by atoms with van der Waals surface area (Å²) in [5, 5.41) is 0.0114. The molecule has 0 saturated carbocycles. The molecule has 22 heavy (non-hydrogen) atoms. The highest BCUT2D eigenvalue weighted by molar-refractivity contribution is 7.89. The molecule has 0 heterocycles. The van der Waals surface area contributed by atoms with Crippen molar-refractivity contribution in [2.24, 2.45) is 0 Å². The molecule has 0 radical (unpaired) electrons. The summed E-state index contributed by atoms with van der Waals surface area (Å²) in [5.74, 6) is -1.63. The van der Waals surface area contributed by atoms with Gasteiger partial charge in [-0.3, -0.25) is 0 Å². The number of carbonyl (C=O) groups excluding carboxylic acids is 2. The summed E-state index contributed by atoms with van der Waals surface area (Å²) < 4.78 is 35.1. The second-order valence-electron chi connectivity index (χ2n) is 4.46. The van der Waals surface area contributed by atoms with Gasteiger partial charge in [0.1, 0.15) is 0 Å². The van der Waals surface area contributed by atoms with Crippen LogP contribution in [0.15, 0.2) is 23.1 Å². The lowest BCUT2D eigenvalue weighted by atomic mass is 10.2. The van der Waals surface area contributed by atoms with E-state index < -0.39 is 28.6 Å². The van der Waals surface area contributed by atoms with Crippen LogP contribution in [-0.2, 0) is 24.3 Å². The summed E-state index contributed by atoms with van der Waals surface area (Å²) in [5.41, 5.74) is -0.157. The number of sulfonamides is 1. The van der Waals surface area contributed by atoms with E-state index in [-0.39, 0.29) is 21.6 Å². The molecular weight excluding hydrogens is 334 g/mol. The van der Waals surface area contributed by atoms with Crippen molar-refractivity contribution in [1.82, 2.24) is 4.72 Å². The van der Waals surface area contributed by atoms with Gasteiger partial charge in [-0.2, -0.15) is 0 Å². The van der Waals surface area contributed by atoms with Crippen molar-refractivity contribution >= 4 is 33.6 Å². The summed E-state index contributed by atoms with van der Waals surface area (Å²) >= 11 is 5.85. The number of halogens is 1. The van der Waals surface area contributed by atoms with Crippen molar-refractivity contribution in [1.29, 1.82) is 0 Å². The molecule has 0 aromatic heterocycles. The monoisotopic (exact) mass is 349 g/mol. The van der Waals surface area contributed by atoms with E-state index in [0.29, 0.717) is 0 Å². The molecule has 0 spiro atoms. The van der Waals surface area contributed by atoms with Crippen LogP contribution in [-0.4, -0.2) is 40.1 Å². The largest absolute Gasteiger partial charge is 0.460 e. The Labute approximate surface area is 133 Å². The second-order valence-corrected chi connectivity index (χ2v) is 6.76. The molecule has 9 heteroatoms. The first kappa shape index (κ1) is 18.4. The molecule has 0 fully saturated rings. The fourth-order valence-electron chi connectivity index (χ4n) is 1.44. The Morgan fingerprint density at radius 2 is 1.95 bits per heavy atom. The van der Waals surface area contributed by atoms with Crippen LogP contribution in [0.2, 0.25) is 5.02 Å². The second kappa shape index (κ2) is 7.57. The predicted octanol–water partition coefficient (Wildman–Crippen LogP) is 1.36. The Hall–Kier alpha value is -1.64. The van der Waals surface area contributed by atoms with Crippen LogP contribution in [0, 0.1) is 0 Å². The predicted molar refractivity (Wildman–Crippen MR) is 79.2 cm³/mol. The molecule has 0 bridgehead atoms. The minimum atomic E-state index is -3.73. The highest BCUT2D eigenvalue weighted by Gasteiger charge is 2.19. The molecule has 1 rings (SSSR count). The number of rotatable bonds is 6. The minimum Gasteiger partial charge on any atom is -0.460 e. The third-order valence-corrected chi connectivity index (χ3v) is 4.17. The van der Waals surface area contributed by atoms with Gasteiger partial charge in [0.05, 0.1) is 21.6 Å². The highest BCUT2D eigenvalue weighted by atomic mass is 35.5. The van der Waals surface area contributed by atoms with Crippen molar-refractivity contribution in [2.75, 3.05) is 13.7 Å². The third kappa shape index (κ3) is 4.97. The molecule has 1 aromatic carbocycles. The Morgan fingerprint density at radius 1 is 1.32 bits per heavy atom. The van der Waals surface area contributed by atoms with Gasteiger partial charge in [-0.25, -0.2) is 22.7 Å². The molecule has 0 amide bonds. The maximum absolute atomic E-state index is 11.9. The molecule has 1 N–H and O–H groups in total. The molecule has 0 aliphatic rings. The Kier molecular flexibility index (Phi) is 6.34. The quantitative estimate of drug-likeness (QED) is 0.778. The van der Waals surface area contributed by atoms with Gasteiger partial charge in [0.25, 0.3) is 0 Å². The third-order valence-electron chi connectivity index (χ3n) is 2.43. The van der Waals surface area contributed by atoms with Gasteiger partial charge < -0.3 is 9.47 Å². The van der Waals surface area contributed by atoms with E-state index in [9.17, 15) is 18.0 Å². The van der Waals surface area contributed by atoms with Gasteiger partial charge in [-0.15, -0.1) is 0 Å². The average molecular weight is 350 g/mol. The lowest BCUT2D eigenvalue weighted by Gasteiger charge is -2.10. The van der Waals surface area contributed by atoms with Crippen LogP contribution in [0.3, 0.4) is 0 Å². The lowest BCUT2D eigenvalue weighted by molar-refractivity contribution is -0.150. The number of carbonyl (C=O) groups is 2. The first-order valence-corrected chi connectivity index (χ1v) is 8.13. The van der Waals surface area contributed by atoms with Crippen LogP contribution < -0.4 is 4.72 Å². The van der Waals surface area contributed by atoms with E-state index >= 15 is 0 Å². The zero-order chi connectivity index (χ0) is 16.9. The first-order chi connectivity index (χ1) is 10.2. The summed E-state index contributed by atoms with van der Waals surface area (Å²) in [4.78, 5) is 23.1. The van der Waals surface area contributed by atoms with Crippen LogP contribution >= 0.6 is 11.6 Å². The molecule has 7 nitrogen and oxygen atoms in total. The van der Waals surface area contributed by atoms with Gasteiger partial charge in [0.2, 0.25) is 10.0 Å².